The van der Waals surface area contributed by atoms with Crippen molar-refractivity contribution in [1.29, 1.82) is 0 Å². The second-order valence-corrected chi connectivity index (χ2v) is 4.04. The summed E-state index contributed by atoms with van der Waals surface area (Å²) in [5.74, 6) is 0. The highest BCUT2D eigenvalue weighted by Crippen LogP contribution is 2.01. The second-order valence-electron chi connectivity index (χ2n) is 4.04. The Morgan fingerprint density at radius 2 is 1.93 bits per heavy atom. The van der Waals surface area contributed by atoms with Gasteiger partial charge in [-0.15, -0.1) is 0 Å². The molecular weight excluding hydrogens is 172 g/mol. The topological polar surface area (TPSA) is 8.81 Å². The van der Waals surface area contributed by atoms with Crippen molar-refractivity contribution in [2.24, 2.45) is 7.05 Å². The van der Waals surface area contributed by atoms with Crippen molar-refractivity contribution in [3.63, 3.8) is 0 Å². The van der Waals surface area contributed by atoms with Gasteiger partial charge in [0, 0.05) is 6.42 Å². The quantitative estimate of drug-likeness (QED) is 0.617. The Balaban J connectivity index is 2.53. The lowest BCUT2D eigenvalue weighted by molar-refractivity contribution is -0.678. The van der Waals surface area contributed by atoms with E-state index in [4.69, 9.17) is 0 Å². The van der Waals surface area contributed by atoms with Crippen molar-refractivity contribution < 1.29 is 4.57 Å². The van der Waals surface area contributed by atoms with Gasteiger partial charge in [0.2, 0.25) is 6.33 Å². The number of hydrogen-bond donors (Lipinski definition) is 0. The standard InChI is InChI=1S/C12H23N2/c1-4-6-8-12-10-14(9-7-5-2)11-13(12)3/h10-11H,4-9H2,1-3H3/q+1. The van der Waals surface area contributed by atoms with Gasteiger partial charge in [0.1, 0.15) is 11.9 Å². The zero-order chi connectivity index (χ0) is 10.4. The van der Waals surface area contributed by atoms with Crippen LogP contribution < -0.4 is 4.57 Å². The molecule has 0 aromatic carbocycles. The SMILES string of the molecule is CCCCc1cn(CCCC)c[n+]1C. The molecule has 0 saturated carbocycles. The normalized spacial score (nSPS) is 10.8. The van der Waals surface area contributed by atoms with E-state index in [9.17, 15) is 0 Å². The van der Waals surface area contributed by atoms with E-state index in [-0.39, 0.29) is 0 Å². The maximum Gasteiger partial charge on any atom is 0.243 e. The molecule has 2 heteroatoms. The van der Waals surface area contributed by atoms with E-state index in [1.807, 2.05) is 0 Å². The summed E-state index contributed by atoms with van der Waals surface area (Å²) >= 11 is 0. The number of hydrogen-bond acceptors (Lipinski definition) is 0. The van der Waals surface area contributed by atoms with Gasteiger partial charge in [-0.1, -0.05) is 26.7 Å². The van der Waals surface area contributed by atoms with Crippen LogP contribution >= 0.6 is 0 Å². The van der Waals surface area contributed by atoms with Crippen molar-refractivity contribution in [2.45, 2.75) is 52.5 Å². The molecule has 0 spiro atoms. The van der Waals surface area contributed by atoms with E-state index in [1.165, 1.54) is 37.8 Å². The van der Waals surface area contributed by atoms with Gasteiger partial charge < -0.3 is 0 Å². The fraction of sp³-hybridized carbons (Fsp3) is 0.750. The van der Waals surface area contributed by atoms with Crippen LogP contribution in [-0.2, 0) is 20.0 Å². The number of aromatic nitrogens is 2. The number of unbranched alkanes of at least 4 members (excludes halogenated alkanes) is 2. The van der Waals surface area contributed by atoms with Crippen LogP contribution in [0.25, 0.3) is 0 Å². The van der Waals surface area contributed by atoms with Crippen LogP contribution in [-0.4, -0.2) is 4.57 Å². The van der Waals surface area contributed by atoms with E-state index in [2.05, 4.69) is 42.6 Å². The Hall–Kier alpha value is -0.790. The van der Waals surface area contributed by atoms with Crippen LogP contribution in [0.5, 0.6) is 0 Å². The number of imidazole rings is 1. The van der Waals surface area contributed by atoms with Crippen LogP contribution in [0.4, 0.5) is 0 Å². The Bertz CT molecular complexity index is 263. The molecule has 1 aromatic rings. The van der Waals surface area contributed by atoms with Gasteiger partial charge in [0.25, 0.3) is 0 Å². The highest BCUT2D eigenvalue weighted by atomic mass is 15.1. The molecule has 2 nitrogen and oxygen atoms in total. The molecule has 0 bridgehead atoms. The first-order valence-corrected chi connectivity index (χ1v) is 5.82. The molecule has 0 radical (unpaired) electrons. The Labute approximate surface area is 87.6 Å². The lowest BCUT2D eigenvalue weighted by Crippen LogP contribution is -2.30. The monoisotopic (exact) mass is 195 g/mol. The van der Waals surface area contributed by atoms with Crippen LogP contribution in [0.3, 0.4) is 0 Å². The van der Waals surface area contributed by atoms with Crippen molar-refractivity contribution in [1.82, 2.24) is 4.57 Å². The highest BCUT2D eigenvalue weighted by Gasteiger charge is 2.08. The average molecular weight is 195 g/mol. The van der Waals surface area contributed by atoms with Gasteiger partial charge in [0.05, 0.1) is 13.6 Å². The minimum Gasteiger partial charge on any atom is -0.237 e. The Kier molecular flexibility index (Phi) is 4.71. The summed E-state index contributed by atoms with van der Waals surface area (Å²) in [7, 11) is 2.15. The Morgan fingerprint density at radius 1 is 1.21 bits per heavy atom. The molecule has 0 unspecified atom stereocenters. The van der Waals surface area contributed by atoms with E-state index < -0.39 is 0 Å². The van der Waals surface area contributed by atoms with Crippen LogP contribution in [0, 0.1) is 0 Å². The average Bonchev–Trinajstić information content (AvgIpc) is 2.53. The smallest absolute Gasteiger partial charge is 0.237 e. The fourth-order valence-corrected chi connectivity index (χ4v) is 1.67. The maximum atomic E-state index is 2.31. The number of aryl methyl sites for hydroxylation is 3. The fourth-order valence-electron chi connectivity index (χ4n) is 1.67. The van der Waals surface area contributed by atoms with E-state index in [0.29, 0.717) is 0 Å². The second kappa shape index (κ2) is 5.84. The zero-order valence-corrected chi connectivity index (χ0v) is 9.79. The molecule has 14 heavy (non-hydrogen) atoms. The lowest BCUT2D eigenvalue weighted by atomic mass is 10.2. The van der Waals surface area contributed by atoms with Gasteiger partial charge in [-0.3, -0.25) is 0 Å². The predicted octanol–water partition coefficient (Wildman–Crippen LogP) is 2.46. The van der Waals surface area contributed by atoms with E-state index in [0.717, 1.165) is 6.54 Å². The van der Waals surface area contributed by atoms with Gasteiger partial charge >= 0.3 is 0 Å². The molecule has 0 fully saturated rings. The highest BCUT2D eigenvalue weighted by molar-refractivity contribution is 4.88. The van der Waals surface area contributed by atoms with E-state index >= 15 is 0 Å². The molecule has 1 rings (SSSR count). The minimum atomic E-state index is 1.16. The summed E-state index contributed by atoms with van der Waals surface area (Å²) in [5, 5.41) is 0. The summed E-state index contributed by atoms with van der Waals surface area (Å²) in [6.07, 6.45) is 10.8. The zero-order valence-electron chi connectivity index (χ0n) is 9.79. The summed E-state index contributed by atoms with van der Waals surface area (Å²) in [6.45, 7) is 5.64. The molecular formula is C12H23N2+. The first kappa shape index (κ1) is 11.3. The maximum absolute atomic E-state index is 2.31. The molecule has 0 aliphatic rings. The first-order valence-electron chi connectivity index (χ1n) is 5.82. The van der Waals surface area contributed by atoms with Gasteiger partial charge in [-0.05, 0) is 12.8 Å². The van der Waals surface area contributed by atoms with Crippen LogP contribution in [0.15, 0.2) is 12.5 Å². The van der Waals surface area contributed by atoms with Crippen molar-refractivity contribution in [3.05, 3.63) is 18.2 Å². The first-order chi connectivity index (χ1) is 6.77. The van der Waals surface area contributed by atoms with Gasteiger partial charge in [-0.2, -0.15) is 0 Å². The van der Waals surface area contributed by atoms with Crippen LogP contribution in [0.1, 0.15) is 45.2 Å². The third-order valence-electron chi connectivity index (χ3n) is 2.65. The summed E-state index contributed by atoms with van der Waals surface area (Å²) in [6, 6.07) is 0. The van der Waals surface area contributed by atoms with Gasteiger partial charge in [0.15, 0.2) is 0 Å². The predicted molar refractivity (Wildman–Crippen MR) is 59.1 cm³/mol. The molecule has 1 aromatic heterocycles. The summed E-state index contributed by atoms with van der Waals surface area (Å²) in [4.78, 5) is 0. The molecule has 0 N–H and O–H groups in total. The number of rotatable bonds is 6. The van der Waals surface area contributed by atoms with Crippen molar-refractivity contribution in [3.8, 4) is 0 Å². The third-order valence-corrected chi connectivity index (χ3v) is 2.65. The molecule has 0 aliphatic carbocycles. The molecule has 0 saturated heterocycles. The summed E-state index contributed by atoms with van der Waals surface area (Å²) < 4.78 is 4.57. The lowest BCUT2D eigenvalue weighted by Gasteiger charge is -1.92. The largest absolute Gasteiger partial charge is 0.243 e. The molecule has 0 aliphatic heterocycles. The molecule has 0 atom stereocenters. The molecule has 80 valence electrons. The van der Waals surface area contributed by atoms with Crippen LogP contribution in [0.2, 0.25) is 0 Å². The minimum absolute atomic E-state index is 1.16. The van der Waals surface area contributed by atoms with Crippen molar-refractivity contribution in [2.75, 3.05) is 0 Å². The molecule has 1 heterocycles. The molecule has 0 amide bonds. The van der Waals surface area contributed by atoms with Gasteiger partial charge in [-0.25, -0.2) is 9.13 Å². The third kappa shape index (κ3) is 3.17. The van der Waals surface area contributed by atoms with E-state index in [1.54, 1.807) is 0 Å². The van der Waals surface area contributed by atoms with Crippen molar-refractivity contribution >= 4 is 0 Å². The Morgan fingerprint density at radius 3 is 2.57 bits per heavy atom. The number of nitrogens with zero attached hydrogens (tertiary/aromatic N) is 2. The summed E-state index contributed by atoms with van der Waals surface area (Å²) in [5.41, 5.74) is 1.46.